The Bertz CT molecular complexity index is 1190. The average molecular weight is 563 g/mol. The van der Waals surface area contributed by atoms with Crippen molar-refractivity contribution in [3.05, 3.63) is 29.3 Å². The first kappa shape index (κ1) is 30.5. The normalized spacial score (nSPS) is 17.4. The van der Waals surface area contributed by atoms with Crippen molar-refractivity contribution in [3.63, 3.8) is 0 Å². The van der Waals surface area contributed by atoms with Crippen molar-refractivity contribution < 1.29 is 37.5 Å². The Hall–Kier alpha value is -3.08. The number of unbranched alkanes of at least 4 members (excludes halogenated alkanes) is 11. The van der Waals surface area contributed by atoms with E-state index >= 15 is 0 Å². The van der Waals surface area contributed by atoms with Crippen LogP contribution in [0.1, 0.15) is 117 Å². The Labute approximate surface area is 229 Å². The highest BCUT2D eigenvalue weighted by atomic mass is 32.2. The molecule has 2 aliphatic rings. The fraction of sp³-hybridized carbons (Fsp3) is 0.607. The number of rotatable bonds is 17. The van der Waals surface area contributed by atoms with Crippen LogP contribution < -0.4 is 5.32 Å². The van der Waals surface area contributed by atoms with Crippen LogP contribution in [0, 0.1) is 0 Å². The molecular formula is C28H38N2O8S. The van der Waals surface area contributed by atoms with Crippen molar-refractivity contribution in [1.82, 2.24) is 10.2 Å². The lowest BCUT2D eigenvalue weighted by molar-refractivity contribution is -0.138. The van der Waals surface area contributed by atoms with Gasteiger partial charge < -0.3 is 5.11 Å². The summed E-state index contributed by atoms with van der Waals surface area (Å²) in [6, 6.07) is 3.01. The van der Waals surface area contributed by atoms with E-state index in [-0.39, 0.29) is 41.0 Å². The zero-order valence-corrected chi connectivity index (χ0v) is 23.1. The van der Waals surface area contributed by atoms with Crippen LogP contribution in [0.4, 0.5) is 0 Å². The van der Waals surface area contributed by atoms with E-state index in [1.165, 1.54) is 18.2 Å². The van der Waals surface area contributed by atoms with Crippen molar-refractivity contribution in [3.8, 4) is 0 Å². The first-order chi connectivity index (χ1) is 18.6. The van der Waals surface area contributed by atoms with Gasteiger partial charge in [0.15, 0.2) is 9.84 Å². The average Bonchev–Trinajstić information content (AvgIpc) is 3.14. The molecule has 39 heavy (non-hydrogen) atoms. The molecule has 214 valence electrons. The summed E-state index contributed by atoms with van der Waals surface area (Å²) in [6.07, 6.45) is 11.8. The van der Waals surface area contributed by atoms with Crippen molar-refractivity contribution in [2.75, 3.05) is 5.75 Å². The van der Waals surface area contributed by atoms with Gasteiger partial charge in [0.2, 0.25) is 11.8 Å². The molecule has 0 radical (unpaired) electrons. The molecule has 1 aromatic rings. The zero-order valence-electron chi connectivity index (χ0n) is 22.3. The third-order valence-electron chi connectivity index (χ3n) is 7.32. The Morgan fingerprint density at radius 2 is 1.41 bits per heavy atom. The number of piperidine rings is 1. The van der Waals surface area contributed by atoms with Gasteiger partial charge >= 0.3 is 5.97 Å². The first-order valence-corrected chi connectivity index (χ1v) is 15.6. The molecule has 10 nitrogen and oxygen atoms in total. The summed E-state index contributed by atoms with van der Waals surface area (Å²) in [6.45, 7) is 0. The van der Waals surface area contributed by atoms with Crippen molar-refractivity contribution in [1.29, 1.82) is 0 Å². The number of fused-ring (bicyclic) bond motifs is 1. The minimum absolute atomic E-state index is 0.00676. The van der Waals surface area contributed by atoms with Crippen LogP contribution in [0.15, 0.2) is 23.1 Å². The van der Waals surface area contributed by atoms with Gasteiger partial charge in [0.1, 0.15) is 6.04 Å². The number of amides is 4. The molecule has 1 atom stereocenters. The number of carbonyl (C=O) groups is 5. The summed E-state index contributed by atoms with van der Waals surface area (Å²) in [4.78, 5) is 60.9. The Balaban J connectivity index is 1.41. The van der Waals surface area contributed by atoms with Gasteiger partial charge in [-0.2, -0.15) is 0 Å². The van der Waals surface area contributed by atoms with Crippen LogP contribution in [0.3, 0.4) is 0 Å². The van der Waals surface area contributed by atoms with E-state index in [1.54, 1.807) is 0 Å². The number of hydrogen-bond donors (Lipinski definition) is 2. The number of nitrogens with one attached hydrogen (secondary N) is 1. The Morgan fingerprint density at radius 3 is 1.97 bits per heavy atom. The minimum atomic E-state index is -3.82. The summed E-state index contributed by atoms with van der Waals surface area (Å²) in [5.74, 6) is -3.62. The van der Waals surface area contributed by atoms with Crippen molar-refractivity contribution >= 4 is 39.4 Å². The first-order valence-electron chi connectivity index (χ1n) is 13.9. The topological polar surface area (TPSA) is 155 Å². The molecule has 0 bridgehead atoms. The van der Waals surface area contributed by atoms with E-state index in [9.17, 15) is 32.4 Å². The second-order valence-electron chi connectivity index (χ2n) is 10.3. The van der Waals surface area contributed by atoms with Crippen LogP contribution in [0.25, 0.3) is 0 Å². The fourth-order valence-corrected chi connectivity index (χ4v) is 6.79. The van der Waals surface area contributed by atoms with Crippen molar-refractivity contribution in [2.24, 2.45) is 0 Å². The van der Waals surface area contributed by atoms with Gasteiger partial charge in [0.05, 0.1) is 21.8 Å². The highest BCUT2D eigenvalue weighted by molar-refractivity contribution is 7.91. The monoisotopic (exact) mass is 562 g/mol. The summed E-state index contributed by atoms with van der Waals surface area (Å²) in [7, 11) is -3.82. The smallest absolute Gasteiger partial charge is 0.303 e. The molecule has 4 amide bonds. The van der Waals surface area contributed by atoms with Crippen LogP contribution in [0.2, 0.25) is 0 Å². The SMILES string of the molecule is O=C(O)CCCCCCCCCCCCCCS(=O)(=O)c1cccc2c1C(=O)N(C1CCC(=O)NC1=O)C2=O. The number of carboxylic acids is 1. The van der Waals surface area contributed by atoms with Crippen LogP contribution in [-0.2, 0) is 24.2 Å². The molecule has 11 heteroatoms. The predicted octanol–water partition coefficient (Wildman–Crippen LogP) is 4.02. The van der Waals surface area contributed by atoms with Gasteiger partial charge in [0, 0.05) is 12.8 Å². The maximum Gasteiger partial charge on any atom is 0.303 e. The van der Waals surface area contributed by atoms with E-state index in [0.29, 0.717) is 6.42 Å². The molecule has 0 spiro atoms. The third-order valence-corrected chi connectivity index (χ3v) is 9.16. The zero-order chi connectivity index (χ0) is 28.4. The van der Waals surface area contributed by atoms with Gasteiger partial charge in [-0.25, -0.2) is 8.42 Å². The molecule has 3 rings (SSSR count). The lowest BCUT2D eigenvalue weighted by Crippen LogP contribution is -2.54. The fourth-order valence-electron chi connectivity index (χ4n) is 5.19. The van der Waals surface area contributed by atoms with Gasteiger partial charge in [0.25, 0.3) is 11.8 Å². The Kier molecular flexibility index (Phi) is 11.2. The maximum absolute atomic E-state index is 13.2. The summed E-state index contributed by atoms with van der Waals surface area (Å²) in [5.41, 5.74) is -0.222. The molecule has 0 aromatic heterocycles. The van der Waals surface area contributed by atoms with Gasteiger partial charge in [-0.15, -0.1) is 0 Å². The maximum atomic E-state index is 13.2. The van der Waals surface area contributed by atoms with E-state index in [0.717, 1.165) is 75.5 Å². The third kappa shape index (κ3) is 8.20. The van der Waals surface area contributed by atoms with Gasteiger partial charge in [-0.1, -0.05) is 70.3 Å². The molecule has 0 aliphatic carbocycles. The standard InChI is InChI=1S/C28H38N2O8S/c31-23-18-17-21(26(34)29-23)30-27(35)20-14-13-15-22(25(20)28(30)36)39(37,38)19-12-10-8-6-4-2-1-3-5-7-9-11-16-24(32)33/h13-15,21H,1-12,16-19H2,(H,32,33)(H,29,31,34). The number of carbonyl (C=O) groups excluding carboxylic acids is 4. The predicted molar refractivity (Wildman–Crippen MR) is 143 cm³/mol. The van der Waals surface area contributed by atoms with Crippen LogP contribution >= 0.6 is 0 Å². The Morgan fingerprint density at radius 1 is 0.846 bits per heavy atom. The van der Waals surface area contributed by atoms with Crippen LogP contribution in [-0.4, -0.2) is 59.8 Å². The van der Waals surface area contributed by atoms with E-state index in [1.807, 2.05) is 0 Å². The number of hydrogen-bond acceptors (Lipinski definition) is 7. The van der Waals surface area contributed by atoms with Crippen LogP contribution in [0.5, 0.6) is 0 Å². The molecule has 1 fully saturated rings. The molecule has 2 N–H and O–H groups in total. The van der Waals surface area contributed by atoms with Gasteiger partial charge in [-0.05, 0) is 31.4 Å². The van der Waals surface area contributed by atoms with E-state index in [4.69, 9.17) is 5.11 Å². The lowest BCUT2D eigenvalue weighted by Gasteiger charge is -2.27. The number of aliphatic carboxylic acids is 1. The highest BCUT2D eigenvalue weighted by Gasteiger charge is 2.46. The highest BCUT2D eigenvalue weighted by Crippen LogP contribution is 2.32. The lowest BCUT2D eigenvalue weighted by atomic mass is 10.0. The van der Waals surface area contributed by atoms with E-state index in [2.05, 4.69) is 5.32 Å². The second-order valence-corrected chi connectivity index (χ2v) is 12.4. The number of imide groups is 2. The molecule has 2 heterocycles. The molecule has 2 aliphatic heterocycles. The molecular weight excluding hydrogens is 524 g/mol. The largest absolute Gasteiger partial charge is 0.481 e. The second kappa shape index (κ2) is 14.3. The number of carboxylic acid groups (broad SMARTS) is 1. The number of sulfone groups is 1. The van der Waals surface area contributed by atoms with Gasteiger partial charge in [-0.3, -0.25) is 34.2 Å². The molecule has 0 saturated carbocycles. The summed E-state index contributed by atoms with van der Waals surface area (Å²) >= 11 is 0. The minimum Gasteiger partial charge on any atom is -0.481 e. The molecule has 1 saturated heterocycles. The molecule has 1 aromatic carbocycles. The summed E-state index contributed by atoms with van der Waals surface area (Å²) < 4.78 is 26.3. The number of benzene rings is 1. The summed E-state index contributed by atoms with van der Waals surface area (Å²) in [5, 5.41) is 10.8. The van der Waals surface area contributed by atoms with Crippen molar-refractivity contribution in [2.45, 2.75) is 107 Å². The van der Waals surface area contributed by atoms with E-state index < -0.39 is 45.5 Å². The number of nitrogens with zero attached hydrogens (tertiary/aromatic N) is 1. The molecule has 1 unspecified atom stereocenters. The quantitative estimate of drug-likeness (QED) is 0.213.